The molecule has 0 amide bonds. The Morgan fingerprint density at radius 1 is 1.05 bits per heavy atom. The topological polar surface area (TPSA) is 38.5 Å². The molecule has 0 N–H and O–H groups in total. The van der Waals surface area contributed by atoms with Crippen LogP contribution in [-0.2, 0) is 9.84 Å². The summed E-state index contributed by atoms with van der Waals surface area (Å²) in [7, 11) is -3.75. The van der Waals surface area contributed by atoms with E-state index >= 15 is 0 Å². The Morgan fingerprint density at radius 3 is 2.05 bits per heavy atom. The first-order valence-electron chi connectivity index (χ1n) is 5.98. The molecule has 0 aliphatic rings. The summed E-state index contributed by atoms with van der Waals surface area (Å²) in [6.45, 7) is 9.18. The van der Waals surface area contributed by atoms with Crippen molar-refractivity contribution in [1.29, 1.82) is 0 Å². The highest BCUT2D eigenvalue weighted by Gasteiger charge is 2.34. The number of nitrogens with zero attached hydrogens (tertiary/aromatic N) is 1. The van der Waals surface area contributed by atoms with Gasteiger partial charge in [0.2, 0.25) is 0 Å². The average molecular weight is 429 g/mol. The molecule has 0 saturated carbocycles. The maximum Gasteiger partial charge on any atom is 0.350 e. The molecule has 0 heterocycles. The van der Waals surface area contributed by atoms with E-state index in [9.17, 15) is 8.42 Å². The SMILES string of the molecule is [C-]#[N+]C(c1cc(Br)cc(Br)c1)S(=O)(=O)c1ccc(C)cc1. The highest BCUT2D eigenvalue weighted by atomic mass is 79.9. The summed E-state index contributed by atoms with van der Waals surface area (Å²) in [5.41, 5.74) is 1.41. The van der Waals surface area contributed by atoms with Gasteiger partial charge in [-0.15, -0.1) is 0 Å². The summed E-state index contributed by atoms with van der Waals surface area (Å²) in [6.07, 6.45) is 0. The number of benzene rings is 2. The molecule has 6 heteroatoms. The summed E-state index contributed by atoms with van der Waals surface area (Å²) < 4.78 is 26.8. The van der Waals surface area contributed by atoms with E-state index in [1.165, 1.54) is 12.1 Å². The standard InChI is InChI=1S/C15H11Br2NO2S/c1-10-3-5-14(6-4-10)21(19,20)15(18-2)11-7-12(16)9-13(17)8-11/h3-9,15H,1H3. The molecule has 3 nitrogen and oxygen atoms in total. The van der Waals surface area contributed by atoms with E-state index in [0.717, 1.165) is 14.5 Å². The predicted octanol–water partition coefficient (Wildman–Crippen LogP) is 4.91. The Balaban J connectivity index is 2.55. The highest BCUT2D eigenvalue weighted by Crippen LogP contribution is 2.33. The number of hydrogen-bond acceptors (Lipinski definition) is 2. The molecule has 2 rings (SSSR count). The zero-order valence-electron chi connectivity index (χ0n) is 11.0. The van der Waals surface area contributed by atoms with Gasteiger partial charge < -0.3 is 0 Å². The maximum absolute atomic E-state index is 12.7. The molecule has 0 aliphatic heterocycles. The molecule has 0 fully saturated rings. The molecule has 0 spiro atoms. The van der Waals surface area contributed by atoms with Crippen LogP contribution in [0.4, 0.5) is 0 Å². The number of rotatable bonds is 3. The van der Waals surface area contributed by atoms with E-state index in [1.807, 2.05) is 6.92 Å². The molecule has 0 radical (unpaired) electrons. The van der Waals surface area contributed by atoms with Gasteiger partial charge in [0.15, 0.2) is 0 Å². The van der Waals surface area contributed by atoms with Crippen molar-refractivity contribution in [2.75, 3.05) is 0 Å². The zero-order chi connectivity index (χ0) is 15.6. The van der Waals surface area contributed by atoms with Crippen LogP contribution in [0.5, 0.6) is 0 Å². The molecule has 108 valence electrons. The summed E-state index contributed by atoms with van der Waals surface area (Å²) >= 11 is 6.63. The molecule has 2 aromatic carbocycles. The van der Waals surface area contributed by atoms with Crippen molar-refractivity contribution in [3.05, 3.63) is 74.0 Å². The minimum absolute atomic E-state index is 0.158. The van der Waals surface area contributed by atoms with Gasteiger partial charge in [0.1, 0.15) is 0 Å². The first-order chi connectivity index (χ1) is 9.84. The third-order valence-electron chi connectivity index (χ3n) is 2.93. The first-order valence-corrected chi connectivity index (χ1v) is 9.11. The molecule has 1 atom stereocenters. The molecular weight excluding hydrogens is 418 g/mol. The van der Waals surface area contributed by atoms with E-state index in [0.29, 0.717) is 5.56 Å². The van der Waals surface area contributed by atoms with Crippen molar-refractivity contribution >= 4 is 41.7 Å². The fourth-order valence-corrected chi connectivity index (χ4v) is 4.63. The number of aryl methyl sites for hydroxylation is 1. The monoisotopic (exact) mass is 427 g/mol. The molecular formula is C15H11Br2NO2S. The predicted molar refractivity (Wildman–Crippen MR) is 89.5 cm³/mol. The minimum atomic E-state index is -3.75. The van der Waals surface area contributed by atoms with Crippen LogP contribution in [0.15, 0.2) is 56.3 Å². The molecule has 0 saturated heterocycles. The zero-order valence-corrected chi connectivity index (χ0v) is 15.0. The summed E-state index contributed by atoms with van der Waals surface area (Å²) in [5, 5.41) is -1.26. The van der Waals surface area contributed by atoms with E-state index in [-0.39, 0.29) is 4.90 Å². The largest absolute Gasteiger partial charge is 0.350 e. The van der Waals surface area contributed by atoms with Gasteiger partial charge in [0.05, 0.1) is 10.5 Å². The summed E-state index contributed by atoms with van der Waals surface area (Å²) in [5.74, 6) is 0. The van der Waals surface area contributed by atoms with Crippen molar-refractivity contribution in [3.8, 4) is 0 Å². The van der Waals surface area contributed by atoms with Crippen LogP contribution in [0.1, 0.15) is 16.5 Å². The van der Waals surface area contributed by atoms with Gasteiger partial charge in [0, 0.05) is 8.95 Å². The Hall–Kier alpha value is -1.16. The highest BCUT2D eigenvalue weighted by molar-refractivity contribution is 9.11. The fraction of sp³-hybridized carbons (Fsp3) is 0.133. The second-order valence-corrected chi connectivity index (χ2v) is 8.38. The first kappa shape index (κ1) is 16.2. The van der Waals surface area contributed by atoms with Gasteiger partial charge in [-0.3, -0.25) is 4.85 Å². The van der Waals surface area contributed by atoms with Crippen molar-refractivity contribution in [2.24, 2.45) is 0 Å². The lowest BCUT2D eigenvalue weighted by Gasteiger charge is -2.09. The molecule has 2 aromatic rings. The Labute approximate surface area is 141 Å². The number of hydrogen-bond donors (Lipinski definition) is 0. The summed E-state index contributed by atoms with van der Waals surface area (Å²) in [4.78, 5) is 3.49. The van der Waals surface area contributed by atoms with Crippen LogP contribution in [0, 0.1) is 13.5 Å². The van der Waals surface area contributed by atoms with E-state index < -0.39 is 15.2 Å². The van der Waals surface area contributed by atoms with E-state index in [1.54, 1.807) is 30.3 Å². The van der Waals surface area contributed by atoms with Crippen LogP contribution in [0.3, 0.4) is 0 Å². The van der Waals surface area contributed by atoms with Crippen LogP contribution in [-0.4, -0.2) is 8.42 Å². The summed E-state index contributed by atoms with van der Waals surface area (Å²) in [6, 6.07) is 11.6. The Bertz CT molecular complexity index is 788. The molecule has 1 unspecified atom stereocenters. The van der Waals surface area contributed by atoms with Gasteiger partial charge >= 0.3 is 5.37 Å². The average Bonchev–Trinajstić information content (AvgIpc) is 2.38. The Kier molecular flexibility index (Phi) is 4.87. The van der Waals surface area contributed by atoms with Crippen LogP contribution >= 0.6 is 31.9 Å². The van der Waals surface area contributed by atoms with Crippen LogP contribution < -0.4 is 0 Å². The van der Waals surface area contributed by atoms with Crippen LogP contribution in [0.25, 0.3) is 4.85 Å². The molecule has 0 aromatic heterocycles. The normalized spacial score (nSPS) is 12.7. The lowest BCUT2D eigenvalue weighted by Crippen LogP contribution is -2.10. The van der Waals surface area contributed by atoms with Crippen molar-refractivity contribution in [2.45, 2.75) is 17.2 Å². The van der Waals surface area contributed by atoms with Crippen molar-refractivity contribution < 1.29 is 8.42 Å². The molecule has 21 heavy (non-hydrogen) atoms. The lowest BCUT2D eigenvalue weighted by molar-refractivity contribution is 0.590. The number of halogens is 2. The quantitative estimate of drug-likeness (QED) is 0.651. The van der Waals surface area contributed by atoms with Gasteiger partial charge in [0.25, 0.3) is 9.84 Å². The molecule has 0 aliphatic carbocycles. The Morgan fingerprint density at radius 2 is 1.57 bits per heavy atom. The smallest absolute Gasteiger partial charge is 0.291 e. The maximum atomic E-state index is 12.7. The van der Waals surface area contributed by atoms with Crippen molar-refractivity contribution in [3.63, 3.8) is 0 Å². The van der Waals surface area contributed by atoms with Gasteiger partial charge in [-0.2, -0.15) is 0 Å². The van der Waals surface area contributed by atoms with Gasteiger partial charge in [-0.25, -0.2) is 15.0 Å². The minimum Gasteiger partial charge on any atom is -0.291 e. The second kappa shape index (κ2) is 6.30. The van der Waals surface area contributed by atoms with E-state index in [2.05, 4.69) is 36.7 Å². The lowest BCUT2D eigenvalue weighted by atomic mass is 10.2. The van der Waals surface area contributed by atoms with Gasteiger partial charge in [-0.1, -0.05) is 49.6 Å². The third-order valence-corrected chi connectivity index (χ3v) is 5.74. The number of sulfone groups is 1. The third kappa shape index (κ3) is 3.54. The van der Waals surface area contributed by atoms with Gasteiger partial charge in [-0.05, 0) is 37.3 Å². The van der Waals surface area contributed by atoms with Crippen LogP contribution in [0.2, 0.25) is 0 Å². The fourth-order valence-electron chi connectivity index (χ4n) is 1.90. The van der Waals surface area contributed by atoms with Crippen molar-refractivity contribution in [1.82, 2.24) is 0 Å². The van der Waals surface area contributed by atoms with E-state index in [4.69, 9.17) is 6.57 Å². The molecule has 0 bridgehead atoms. The second-order valence-electron chi connectivity index (χ2n) is 4.54.